The van der Waals surface area contributed by atoms with Gasteiger partial charge in [0.1, 0.15) is 0 Å². The lowest BCUT2D eigenvalue weighted by molar-refractivity contribution is -0.147. The van der Waals surface area contributed by atoms with E-state index in [9.17, 15) is 0 Å². The molecule has 3 aliphatic heterocycles. The summed E-state index contributed by atoms with van der Waals surface area (Å²) >= 11 is 2.44. The zero-order chi connectivity index (χ0) is 28.0. The predicted molar refractivity (Wildman–Crippen MR) is 176 cm³/mol. The summed E-state index contributed by atoms with van der Waals surface area (Å²) in [6.45, 7) is 5.42. The minimum atomic E-state index is 0.555. The highest BCUT2D eigenvalue weighted by molar-refractivity contribution is 8.00. The molecule has 9 rings (SSSR count). The molecule has 0 radical (unpaired) electrons. The number of ether oxygens (including phenoxy) is 1. The van der Waals surface area contributed by atoms with E-state index in [4.69, 9.17) is 4.74 Å². The first kappa shape index (κ1) is 28.5. The Hall–Kier alpha value is 0.270. The molecule has 9 fully saturated rings. The van der Waals surface area contributed by atoms with E-state index in [1.165, 1.54) is 135 Å². The van der Waals surface area contributed by atoms with Gasteiger partial charge in [0.15, 0.2) is 0 Å². The molecule has 6 aliphatic carbocycles. The van der Waals surface area contributed by atoms with Gasteiger partial charge in [0.05, 0.1) is 12.2 Å². The van der Waals surface area contributed by atoms with Crippen molar-refractivity contribution in [2.75, 3.05) is 0 Å². The fourth-order valence-electron chi connectivity index (χ4n) is 14.7. The third-order valence-corrected chi connectivity index (χ3v) is 18.1. The van der Waals surface area contributed by atoms with Gasteiger partial charge in [0, 0.05) is 34.5 Å². The van der Waals surface area contributed by atoms with E-state index in [1.807, 2.05) is 0 Å². The smallest absolute Gasteiger partial charge is 0.0652 e. The average Bonchev–Trinajstić information content (AvgIpc) is 3.60. The van der Waals surface area contributed by atoms with Gasteiger partial charge in [-0.05, 0) is 130 Å². The Morgan fingerprint density at radius 2 is 1.19 bits per heavy atom. The third kappa shape index (κ3) is 4.44. The summed E-state index contributed by atoms with van der Waals surface area (Å²) in [7, 11) is 0. The number of fused-ring (bicyclic) bond motifs is 9. The van der Waals surface area contributed by atoms with Crippen molar-refractivity contribution in [2.45, 2.75) is 190 Å². The topological polar surface area (TPSA) is 12.5 Å². The van der Waals surface area contributed by atoms with Crippen LogP contribution in [0.3, 0.4) is 0 Å². The first-order chi connectivity index (χ1) is 20.6. The summed E-state index contributed by atoms with van der Waals surface area (Å²) in [4.78, 5) is 3.31. The van der Waals surface area contributed by atoms with E-state index in [0.29, 0.717) is 17.6 Å². The minimum absolute atomic E-state index is 0.555. The van der Waals surface area contributed by atoms with Crippen molar-refractivity contribution in [2.24, 2.45) is 52.8 Å². The molecule has 3 heterocycles. The number of thioether (sulfide) groups is 1. The molecule has 0 amide bonds. The number of hydrogen-bond donors (Lipinski definition) is 0. The molecule has 6 saturated carbocycles. The van der Waals surface area contributed by atoms with E-state index >= 15 is 0 Å². The zero-order valence-corrected chi connectivity index (χ0v) is 28.1. The van der Waals surface area contributed by atoms with E-state index in [0.717, 1.165) is 76.0 Å². The first-order valence-electron chi connectivity index (χ1n) is 19.7. The van der Waals surface area contributed by atoms with E-state index in [1.54, 1.807) is 0 Å². The van der Waals surface area contributed by atoms with Crippen molar-refractivity contribution < 1.29 is 4.74 Å². The molecular formula is C39H63NOS. The molecule has 2 nitrogen and oxygen atoms in total. The second-order valence-electron chi connectivity index (χ2n) is 18.1. The lowest BCUT2D eigenvalue weighted by Gasteiger charge is -2.64. The molecule has 0 bridgehead atoms. The third-order valence-electron chi connectivity index (χ3n) is 16.2. The molecule has 3 heteroatoms. The summed E-state index contributed by atoms with van der Waals surface area (Å²) in [6.07, 6.45) is 32.8. The Bertz CT molecular complexity index is 955. The molecule has 0 aromatic carbocycles. The normalized spacial score (nSPS) is 55.4. The van der Waals surface area contributed by atoms with Crippen LogP contribution in [0, 0.1) is 52.8 Å². The predicted octanol–water partition coefficient (Wildman–Crippen LogP) is 9.89. The Morgan fingerprint density at radius 1 is 0.548 bits per heavy atom. The van der Waals surface area contributed by atoms with Crippen LogP contribution in [0.5, 0.6) is 0 Å². The highest BCUT2D eigenvalue weighted by atomic mass is 32.2. The second kappa shape index (κ2) is 11.2. The lowest BCUT2D eigenvalue weighted by atomic mass is 9.54. The first-order valence-corrected chi connectivity index (χ1v) is 20.6. The van der Waals surface area contributed by atoms with Gasteiger partial charge in [0.25, 0.3) is 0 Å². The van der Waals surface area contributed by atoms with Crippen molar-refractivity contribution in [1.82, 2.24) is 4.90 Å². The van der Waals surface area contributed by atoms with E-state index < -0.39 is 0 Å². The average molecular weight is 594 g/mol. The molecule has 0 spiro atoms. The fraction of sp³-hybridized carbons (Fsp3) is 1.00. The van der Waals surface area contributed by atoms with Crippen molar-refractivity contribution in [3.05, 3.63) is 0 Å². The highest BCUT2D eigenvalue weighted by Gasteiger charge is 2.61. The Labute approximate surface area is 263 Å². The van der Waals surface area contributed by atoms with Crippen LogP contribution in [0.25, 0.3) is 0 Å². The molecule has 15 atom stereocenters. The molecule has 0 aromatic heterocycles. The van der Waals surface area contributed by atoms with Crippen LogP contribution >= 0.6 is 11.8 Å². The minimum Gasteiger partial charge on any atom is -0.374 e. The number of nitrogens with zero attached hydrogens (tertiary/aromatic N) is 1. The van der Waals surface area contributed by atoms with Gasteiger partial charge in [-0.25, -0.2) is 0 Å². The maximum absolute atomic E-state index is 7.55. The van der Waals surface area contributed by atoms with Gasteiger partial charge in [-0.3, -0.25) is 4.90 Å². The largest absolute Gasteiger partial charge is 0.374 e. The zero-order valence-electron chi connectivity index (χ0n) is 27.3. The molecule has 3 saturated heterocycles. The quantitative estimate of drug-likeness (QED) is 0.316. The SMILES string of the molecule is CC1(C)C2CCCCC2N(C2CCCC(C3CCCC4C5CCC6SC7CCCCC7C6C5OC34)C2)C2CCCCC21. The van der Waals surface area contributed by atoms with Gasteiger partial charge < -0.3 is 4.74 Å². The Morgan fingerprint density at radius 3 is 2.00 bits per heavy atom. The summed E-state index contributed by atoms with van der Waals surface area (Å²) < 4.78 is 7.55. The second-order valence-corrected chi connectivity index (χ2v) is 19.6. The van der Waals surface area contributed by atoms with Crippen molar-refractivity contribution >= 4 is 11.8 Å². The summed E-state index contributed by atoms with van der Waals surface area (Å²) in [6, 6.07) is 2.65. The van der Waals surface area contributed by atoms with Crippen LogP contribution in [-0.4, -0.2) is 45.7 Å². The standard InChI is InChI=1S/C39H63NOS/c1-39(2)30-16-4-6-18-32(30)40(33-19-7-5-17-31(33)39)25-12-9-11-24(23-25)26-14-10-15-27-28-21-22-35-36(38(28)41-37(26)27)29-13-3-8-20-34(29)42-35/h24-38H,3-23H2,1-2H3. The van der Waals surface area contributed by atoms with Gasteiger partial charge >= 0.3 is 0 Å². The van der Waals surface area contributed by atoms with Gasteiger partial charge in [-0.2, -0.15) is 11.8 Å². The van der Waals surface area contributed by atoms with Gasteiger partial charge in [-0.1, -0.05) is 65.2 Å². The number of piperidine rings is 1. The maximum atomic E-state index is 7.55. The Balaban J connectivity index is 0.958. The molecule has 0 N–H and O–H groups in total. The number of rotatable bonds is 2. The molecule has 42 heavy (non-hydrogen) atoms. The monoisotopic (exact) mass is 593 g/mol. The lowest BCUT2D eigenvalue weighted by Crippen LogP contribution is -2.66. The maximum Gasteiger partial charge on any atom is 0.0652 e. The molecule has 236 valence electrons. The van der Waals surface area contributed by atoms with Crippen molar-refractivity contribution in [1.29, 1.82) is 0 Å². The van der Waals surface area contributed by atoms with Crippen LogP contribution in [-0.2, 0) is 4.74 Å². The summed E-state index contributed by atoms with van der Waals surface area (Å²) in [5.74, 6) is 7.43. The highest BCUT2D eigenvalue weighted by Crippen LogP contribution is 2.62. The summed E-state index contributed by atoms with van der Waals surface area (Å²) in [5.41, 5.74) is 0.555. The van der Waals surface area contributed by atoms with Crippen LogP contribution in [0.1, 0.15) is 149 Å². The Kier molecular flexibility index (Phi) is 7.60. The van der Waals surface area contributed by atoms with Gasteiger partial charge in [-0.15, -0.1) is 0 Å². The van der Waals surface area contributed by atoms with E-state index in [-0.39, 0.29) is 0 Å². The molecule has 15 unspecified atom stereocenters. The van der Waals surface area contributed by atoms with Crippen LogP contribution in [0.15, 0.2) is 0 Å². The van der Waals surface area contributed by atoms with Crippen LogP contribution in [0.4, 0.5) is 0 Å². The number of hydrogen-bond acceptors (Lipinski definition) is 3. The van der Waals surface area contributed by atoms with E-state index in [2.05, 4.69) is 30.5 Å². The molecular weight excluding hydrogens is 531 g/mol. The van der Waals surface area contributed by atoms with Crippen molar-refractivity contribution in [3.63, 3.8) is 0 Å². The van der Waals surface area contributed by atoms with Crippen molar-refractivity contribution in [3.8, 4) is 0 Å². The van der Waals surface area contributed by atoms with Crippen LogP contribution < -0.4 is 0 Å². The molecule has 9 aliphatic rings. The van der Waals surface area contributed by atoms with Gasteiger partial charge in [0.2, 0.25) is 0 Å². The fourth-order valence-corrected chi connectivity index (χ4v) is 16.8. The molecule has 0 aromatic rings. The van der Waals surface area contributed by atoms with Crippen LogP contribution in [0.2, 0.25) is 0 Å². The summed E-state index contributed by atoms with van der Waals surface area (Å²) in [5, 5.41) is 1.92. The number of likely N-dealkylation sites (tertiary alicyclic amines) is 1.